The maximum atomic E-state index is 11.0. The maximum Gasteiger partial charge on any atom is 0.337 e. The van der Waals surface area contributed by atoms with Crippen LogP contribution in [-0.4, -0.2) is 27.0 Å². The van der Waals surface area contributed by atoms with E-state index in [-0.39, 0.29) is 28.4 Å². The number of aliphatic imine (C=N–C) groups is 1. The third-order valence-corrected chi connectivity index (χ3v) is 5.15. The average molecular weight is 423 g/mol. The number of hydrogen-bond acceptors (Lipinski definition) is 5. The van der Waals surface area contributed by atoms with Crippen molar-refractivity contribution >= 4 is 29.3 Å². The number of carboxylic acids is 1. The Morgan fingerprint density at radius 2 is 1.97 bits per heavy atom. The zero-order chi connectivity index (χ0) is 21.1. The largest absolute Gasteiger partial charge is 0.478 e. The van der Waals surface area contributed by atoms with Crippen LogP contribution in [0.3, 0.4) is 0 Å². The normalized spacial score (nSPS) is 15.5. The molecule has 1 aromatic carbocycles. The molecule has 30 heavy (non-hydrogen) atoms. The van der Waals surface area contributed by atoms with Gasteiger partial charge < -0.3 is 10.8 Å². The molecular weight excluding hydrogens is 404 g/mol. The lowest BCUT2D eigenvalue weighted by atomic mass is 9.97. The molecule has 0 saturated carbocycles. The highest BCUT2D eigenvalue weighted by Crippen LogP contribution is 2.34. The van der Waals surface area contributed by atoms with Gasteiger partial charge in [-0.25, -0.2) is 14.8 Å². The van der Waals surface area contributed by atoms with E-state index in [1.165, 1.54) is 17.8 Å². The van der Waals surface area contributed by atoms with Gasteiger partial charge in [-0.2, -0.15) is 0 Å². The summed E-state index contributed by atoms with van der Waals surface area (Å²) < 4.78 is 0. The third kappa shape index (κ3) is 4.04. The van der Waals surface area contributed by atoms with E-state index in [2.05, 4.69) is 37.9 Å². The van der Waals surface area contributed by atoms with Gasteiger partial charge >= 0.3 is 5.97 Å². The van der Waals surface area contributed by atoms with Crippen molar-refractivity contribution in [1.29, 1.82) is 0 Å². The molecule has 0 spiro atoms. The van der Waals surface area contributed by atoms with Gasteiger partial charge in [-0.1, -0.05) is 41.9 Å². The SMILES string of the molecule is NC(=NC1c2ccccc2CCc2ncccc21)NNc1ncc(C(=O)O)cc1Cl. The van der Waals surface area contributed by atoms with Crippen molar-refractivity contribution in [3.8, 4) is 0 Å². The number of aromatic nitrogens is 2. The molecule has 0 amide bonds. The second-order valence-corrected chi connectivity index (χ2v) is 7.17. The van der Waals surface area contributed by atoms with E-state index in [1.54, 1.807) is 6.20 Å². The molecule has 3 aromatic rings. The van der Waals surface area contributed by atoms with Gasteiger partial charge in [-0.3, -0.25) is 15.8 Å². The summed E-state index contributed by atoms with van der Waals surface area (Å²) in [7, 11) is 0. The molecule has 1 unspecified atom stereocenters. The van der Waals surface area contributed by atoms with Gasteiger partial charge in [0.15, 0.2) is 5.82 Å². The Labute approximate surface area is 177 Å². The van der Waals surface area contributed by atoms with Gasteiger partial charge in [0.25, 0.3) is 0 Å². The summed E-state index contributed by atoms with van der Waals surface area (Å²) in [5, 5.41) is 9.15. The van der Waals surface area contributed by atoms with Crippen LogP contribution in [0.1, 0.15) is 38.8 Å². The summed E-state index contributed by atoms with van der Waals surface area (Å²) in [4.78, 5) is 24.2. The van der Waals surface area contributed by atoms with Crippen molar-refractivity contribution in [3.05, 3.63) is 87.8 Å². The van der Waals surface area contributed by atoms with Crippen molar-refractivity contribution in [2.24, 2.45) is 10.7 Å². The first-order valence-electron chi connectivity index (χ1n) is 9.28. The van der Waals surface area contributed by atoms with Crippen molar-refractivity contribution in [2.75, 3.05) is 5.43 Å². The zero-order valence-corrected chi connectivity index (χ0v) is 16.6. The number of carboxylic acid groups (broad SMARTS) is 1. The number of carbonyl (C=O) groups is 1. The number of guanidine groups is 1. The first-order chi connectivity index (χ1) is 14.5. The number of aromatic carboxylic acids is 1. The van der Waals surface area contributed by atoms with E-state index in [4.69, 9.17) is 22.4 Å². The number of nitrogens with zero attached hydrogens (tertiary/aromatic N) is 3. The topological polar surface area (TPSA) is 126 Å². The number of pyridine rings is 2. The van der Waals surface area contributed by atoms with Crippen molar-refractivity contribution in [1.82, 2.24) is 15.4 Å². The molecule has 4 rings (SSSR count). The molecule has 1 aliphatic carbocycles. The standard InChI is InChI=1S/C21H19ClN6O2/c22-16-10-13(20(29)30)11-25-19(16)27-28-21(23)26-18-14-5-2-1-4-12(14)7-8-17-15(18)6-3-9-24-17/h1-6,9-11,18H,7-8H2,(H,25,27)(H,29,30)(H3,23,26,28). The first kappa shape index (κ1) is 19.7. The minimum absolute atomic E-state index is 0.00800. The number of fused-ring (bicyclic) bond motifs is 2. The summed E-state index contributed by atoms with van der Waals surface area (Å²) >= 11 is 6.09. The lowest BCUT2D eigenvalue weighted by molar-refractivity contribution is 0.0696. The van der Waals surface area contributed by atoms with Crippen LogP contribution in [0.5, 0.6) is 0 Å². The zero-order valence-electron chi connectivity index (χ0n) is 15.8. The van der Waals surface area contributed by atoms with E-state index in [0.29, 0.717) is 0 Å². The second-order valence-electron chi connectivity index (χ2n) is 6.76. The molecule has 0 radical (unpaired) electrons. The van der Waals surface area contributed by atoms with Gasteiger partial charge in [0.1, 0.15) is 6.04 Å². The fourth-order valence-corrected chi connectivity index (χ4v) is 3.65. The molecule has 9 heteroatoms. The van der Waals surface area contributed by atoms with Crippen LogP contribution in [0.2, 0.25) is 5.02 Å². The van der Waals surface area contributed by atoms with Crippen molar-refractivity contribution < 1.29 is 9.90 Å². The Morgan fingerprint density at radius 3 is 2.77 bits per heavy atom. The number of rotatable bonds is 4. The number of hydrogen-bond donors (Lipinski definition) is 4. The average Bonchev–Trinajstić information content (AvgIpc) is 2.90. The first-order valence-corrected chi connectivity index (χ1v) is 9.66. The van der Waals surface area contributed by atoms with E-state index < -0.39 is 5.97 Å². The second kappa shape index (κ2) is 8.38. The smallest absolute Gasteiger partial charge is 0.337 e. The summed E-state index contributed by atoms with van der Waals surface area (Å²) in [5.41, 5.74) is 16.0. The highest BCUT2D eigenvalue weighted by Gasteiger charge is 2.24. The van der Waals surface area contributed by atoms with E-state index in [1.807, 2.05) is 24.3 Å². The number of halogens is 1. The number of hydrazine groups is 1. The minimum Gasteiger partial charge on any atom is -0.478 e. The Balaban J connectivity index is 1.60. The van der Waals surface area contributed by atoms with Crippen LogP contribution in [0, 0.1) is 0 Å². The van der Waals surface area contributed by atoms with Crippen molar-refractivity contribution in [3.63, 3.8) is 0 Å². The van der Waals surface area contributed by atoms with Gasteiger partial charge in [0.05, 0.1) is 10.6 Å². The molecule has 8 nitrogen and oxygen atoms in total. The molecule has 2 heterocycles. The molecule has 0 fully saturated rings. The predicted octanol–water partition coefficient (Wildman–Crippen LogP) is 2.95. The van der Waals surface area contributed by atoms with Gasteiger partial charge in [-0.15, -0.1) is 0 Å². The van der Waals surface area contributed by atoms with E-state index >= 15 is 0 Å². The molecule has 0 bridgehead atoms. The molecule has 0 aliphatic heterocycles. The molecule has 2 aromatic heterocycles. The van der Waals surface area contributed by atoms with Crippen LogP contribution >= 0.6 is 11.6 Å². The van der Waals surface area contributed by atoms with Crippen LogP contribution < -0.4 is 16.6 Å². The highest BCUT2D eigenvalue weighted by molar-refractivity contribution is 6.33. The summed E-state index contributed by atoms with van der Waals surface area (Å²) in [6.45, 7) is 0. The van der Waals surface area contributed by atoms with E-state index in [0.717, 1.165) is 29.7 Å². The van der Waals surface area contributed by atoms with Crippen LogP contribution in [-0.2, 0) is 12.8 Å². The number of aryl methyl sites for hydroxylation is 2. The fraction of sp³-hybridized carbons (Fsp3) is 0.143. The summed E-state index contributed by atoms with van der Waals surface area (Å²) in [6, 6.07) is 13.1. The Kier molecular flexibility index (Phi) is 5.49. The molecule has 152 valence electrons. The Bertz CT molecular complexity index is 1090. The van der Waals surface area contributed by atoms with Crippen LogP contribution in [0.15, 0.2) is 59.9 Å². The van der Waals surface area contributed by atoms with Crippen molar-refractivity contribution in [2.45, 2.75) is 18.9 Å². The molecule has 0 saturated heterocycles. The maximum absolute atomic E-state index is 11.0. The third-order valence-electron chi connectivity index (χ3n) is 4.87. The Morgan fingerprint density at radius 1 is 1.17 bits per heavy atom. The highest BCUT2D eigenvalue weighted by atomic mass is 35.5. The van der Waals surface area contributed by atoms with Gasteiger partial charge in [0.2, 0.25) is 5.96 Å². The summed E-state index contributed by atoms with van der Waals surface area (Å²) in [6.07, 6.45) is 4.70. The lowest BCUT2D eigenvalue weighted by Crippen LogP contribution is -2.37. The van der Waals surface area contributed by atoms with Gasteiger partial charge in [0, 0.05) is 23.7 Å². The quantitative estimate of drug-likeness (QED) is 0.289. The van der Waals surface area contributed by atoms with Crippen LogP contribution in [0.25, 0.3) is 0 Å². The molecule has 5 N–H and O–H groups in total. The summed E-state index contributed by atoms with van der Waals surface area (Å²) in [5.74, 6) is -0.737. The van der Waals surface area contributed by atoms with Gasteiger partial charge in [-0.05, 0) is 36.1 Å². The fourth-order valence-electron chi connectivity index (χ4n) is 3.44. The number of anilines is 1. The van der Waals surface area contributed by atoms with Crippen LogP contribution in [0.4, 0.5) is 5.82 Å². The van der Waals surface area contributed by atoms with E-state index in [9.17, 15) is 4.79 Å². The predicted molar refractivity (Wildman–Crippen MR) is 115 cm³/mol. The lowest BCUT2D eigenvalue weighted by Gasteiger charge is -2.17. The molecule has 1 atom stereocenters. The molecular formula is C21H19ClN6O2. The number of nitrogens with one attached hydrogen (secondary N) is 2. The Hall–Kier alpha value is -3.65. The molecule has 1 aliphatic rings. The number of benzene rings is 1. The monoisotopic (exact) mass is 422 g/mol. The minimum atomic E-state index is -1.11. The number of nitrogens with two attached hydrogens (primary N) is 1.